The van der Waals surface area contributed by atoms with Crippen molar-refractivity contribution in [3.8, 4) is 0 Å². The first-order valence-corrected chi connectivity index (χ1v) is 7.66. The lowest BCUT2D eigenvalue weighted by Gasteiger charge is -2.35. The van der Waals surface area contributed by atoms with E-state index in [0.717, 1.165) is 5.82 Å². The van der Waals surface area contributed by atoms with Crippen LogP contribution in [0.5, 0.6) is 0 Å². The van der Waals surface area contributed by atoms with Crippen LogP contribution in [0.25, 0.3) is 0 Å². The van der Waals surface area contributed by atoms with E-state index in [1.54, 1.807) is 41.7 Å². The second-order valence-corrected chi connectivity index (χ2v) is 5.73. The summed E-state index contributed by atoms with van der Waals surface area (Å²) in [7, 11) is 0. The normalized spacial score (nSPS) is 15.0. The highest BCUT2D eigenvalue weighted by atomic mass is 35.5. The van der Waals surface area contributed by atoms with Crippen molar-refractivity contribution in [1.29, 1.82) is 0 Å². The molecule has 1 aromatic carbocycles. The van der Waals surface area contributed by atoms with E-state index in [4.69, 9.17) is 23.2 Å². The molecule has 1 amide bonds. The fraction of sp³-hybridized carbons (Fsp3) is 0.267. The maximum atomic E-state index is 12.6. The van der Waals surface area contributed by atoms with Gasteiger partial charge in [-0.25, -0.2) is 4.98 Å². The smallest absolute Gasteiger partial charge is 0.255 e. The van der Waals surface area contributed by atoms with Crippen molar-refractivity contribution >= 4 is 34.9 Å². The van der Waals surface area contributed by atoms with Gasteiger partial charge >= 0.3 is 0 Å². The van der Waals surface area contributed by atoms with E-state index < -0.39 is 0 Å². The number of carbonyl (C=O) groups is 1. The molecule has 2 aromatic rings. The number of halogens is 2. The van der Waals surface area contributed by atoms with Crippen molar-refractivity contribution in [3.05, 3.63) is 52.4 Å². The fourth-order valence-corrected chi connectivity index (χ4v) is 2.81. The molecule has 7 heteroatoms. The molecule has 5 nitrogen and oxygen atoms in total. The zero-order chi connectivity index (χ0) is 15.5. The highest BCUT2D eigenvalue weighted by Gasteiger charge is 2.24. The molecule has 0 bridgehead atoms. The summed E-state index contributed by atoms with van der Waals surface area (Å²) in [4.78, 5) is 24.8. The number of aromatic nitrogens is 2. The second-order valence-electron chi connectivity index (χ2n) is 4.94. The molecule has 0 atom stereocenters. The number of nitrogens with zero attached hydrogens (tertiary/aromatic N) is 4. The second kappa shape index (κ2) is 6.50. The third kappa shape index (κ3) is 3.00. The van der Waals surface area contributed by atoms with Gasteiger partial charge in [0.25, 0.3) is 5.91 Å². The number of anilines is 1. The van der Waals surface area contributed by atoms with Crippen LogP contribution in [-0.2, 0) is 0 Å². The predicted molar refractivity (Wildman–Crippen MR) is 86.6 cm³/mol. The number of benzene rings is 1. The predicted octanol–water partition coefficient (Wildman–Crippen LogP) is 2.75. The summed E-state index contributed by atoms with van der Waals surface area (Å²) in [6.45, 7) is 2.64. The van der Waals surface area contributed by atoms with Crippen molar-refractivity contribution in [3.63, 3.8) is 0 Å². The van der Waals surface area contributed by atoms with Gasteiger partial charge in [-0.05, 0) is 12.1 Å². The first-order chi connectivity index (χ1) is 10.7. The topological polar surface area (TPSA) is 49.3 Å². The molecule has 0 spiro atoms. The highest BCUT2D eigenvalue weighted by molar-refractivity contribution is 6.43. The van der Waals surface area contributed by atoms with Crippen LogP contribution in [0.3, 0.4) is 0 Å². The Kier molecular flexibility index (Phi) is 4.45. The number of rotatable bonds is 2. The van der Waals surface area contributed by atoms with E-state index >= 15 is 0 Å². The molecule has 1 aliphatic heterocycles. The molecule has 1 fully saturated rings. The van der Waals surface area contributed by atoms with Crippen LogP contribution in [0.15, 0.2) is 36.8 Å². The van der Waals surface area contributed by atoms with Gasteiger partial charge in [0.2, 0.25) is 0 Å². The SMILES string of the molecule is O=C(c1cccc(Cl)c1Cl)N1CCN(c2cnccn2)CC1. The molecule has 1 aromatic heterocycles. The molecule has 3 rings (SSSR count). The van der Waals surface area contributed by atoms with Gasteiger partial charge in [0.15, 0.2) is 0 Å². The van der Waals surface area contributed by atoms with E-state index in [-0.39, 0.29) is 5.91 Å². The van der Waals surface area contributed by atoms with E-state index in [0.29, 0.717) is 41.8 Å². The number of carbonyl (C=O) groups excluding carboxylic acids is 1. The van der Waals surface area contributed by atoms with Crippen LogP contribution in [0.2, 0.25) is 10.0 Å². The summed E-state index contributed by atoms with van der Waals surface area (Å²) in [5, 5.41) is 0.705. The standard InChI is InChI=1S/C15H14Cl2N4O/c16-12-3-1-2-11(14(12)17)15(22)21-8-6-20(7-9-21)13-10-18-4-5-19-13/h1-5,10H,6-9H2. The van der Waals surface area contributed by atoms with Crippen molar-refractivity contribution in [2.24, 2.45) is 0 Å². The van der Waals surface area contributed by atoms with Crippen molar-refractivity contribution in [1.82, 2.24) is 14.9 Å². The Morgan fingerprint density at radius 2 is 1.86 bits per heavy atom. The third-order valence-electron chi connectivity index (χ3n) is 3.62. The van der Waals surface area contributed by atoms with Gasteiger partial charge in [-0.15, -0.1) is 0 Å². The van der Waals surface area contributed by atoms with Crippen LogP contribution in [0, 0.1) is 0 Å². The number of amides is 1. The quantitative estimate of drug-likeness (QED) is 0.846. The minimum absolute atomic E-state index is 0.0914. The molecule has 0 N–H and O–H groups in total. The molecule has 114 valence electrons. The summed E-state index contributed by atoms with van der Waals surface area (Å²) >= 11 is 12.1. The Hall–Kier alpha value is -1.85. The molecule has 0 radical (unpaired) electrons. The van der Waals surface area contributed by atoms with Crippen LogP contribution in [0.1, 0.15) is 10.4 Å². The van der Waals surface area contributed by atoms with E-state index in [1.807, 2.05) is 0 Å². The zero-order valence-electron chi connectivity index (χ0n) is 11.7. The van der Waals surface area contributed by atoms with Crippen molar-refractivity contribution in [2.45, 2.75) is 0 Å². The Labute approximate surface area is 138 Å². The summed E-state index contributed by atoms with van der Waals surface area (Å²) in [5.74, 6) is 0.738. The molecule has 2 heterocycles. The number of piperazine rings is 1. The number of hydrogen-bond donors (Lipinski definition) is 0. The van der Waals surface area contributed by atoms with Gasteiger partial charge in [0, 0.05) is 38.6 Å². The molecule has 0 saturated carbocycles. The summed E-state index contributed by atoms with van der Waals surface area (Å²) in [6.07, 6.45) is 5.04. The van der Waals surface area contributed by atoms with Gasteiger partial charge in [-0.1, -0.05) is 29.3 Å². The van der Waals surface area contributed by atoms with Crippen LogP contribution < -0.4 is 4.90 Å². The highest BCUT2D eigenvalue weighted by Crippen LogP contribution is 2.27. The average molecular weight is 337 g/mol. The molecular formula is C15H14Cl2N4O. The summed E-state index contributed by atoms with van der Waals surface area (Å²) < 4.78 is 0. The lowest BCUT2D eigenvalue weighted by Crippen LogP contribution is -2.49. The number of hydrogen-bond acceptors (Lipinski definition) is 4. The van der Waals surface area contributed by atoms with Gasteiger partial charge in [0.05, 0.1) is 21.8 Å². The van der Waals surface area contributed by atoms with E-state index in [9.17, 15) is 4.79 Å². The molecule has 0 unspecified atom stereocenters. The summed E-state index contributed by atoms with van der Waals surface area (Å²) in [5.41, 5.74) is 0.446. The lowest BCUT2D eigenvalue weighted by atomic mass is 10.2. The monoisotopic (exact) mass is 336 g/mol. The minimum Gasteiger partial charge on any atom is -0.352 e. The van der Waals surface area contributed by atoms with Crippen LogP contribution >= 0.6 is 23.2 Å². The Morgan fingerprint density at radius 3 is 2.55 bits per heavy atom. The molecule has 1 aliphatic rings. The van der Waals surface area contributed by atoms with Gasteiger partial charge in [0.1, 0.15) is 5.82 Å². The minimum atomic E-state index is -0.0914. The zero-order valence-corrected chi connectivity index (χ0v) is 13.3. The lowest BCUT2D eigenvalue weighted by molar-refractivity contribution is 0.0746. The van der Waals surface area contributed by atoms with Crippen LogP contribution in [0.4, 0.5) is 5.82 Å². The van der Waals surface area contributed by atoms with Crippen molar-refractivity contribution < 1.29 is 4.79 Å². The molecular weight excluding hydrogens is 323 g/mol. The van der Waals surface area contributed by atoms with Gasteiger partial charge < -0.3 is 9.80 Å². The molecule has 0 aliphatic carbocycles. The van der Waals surface area contributed by atoms with Crippen LogP contribution in [-0.4, -0.2) is 47.0 Å². The van der Waals surface area contributed by atoms with E-state index in [2.05, 4.69) is 14.9 Å². The summed E-state index contributed by atoms with van der Waals surface area (Å²) in [6, 6.07) is 5.11. The fourth-order valence-electron chi connectivity index (χ4n) is 2.43. The Morgan fingerprint density at radius 1 is 1.09 bits per heavy atom. The van der Waals surface area contributed by atoms with Crippen molar-refractivity contribution in [2.75, 3.05) is 31.1 Å². The van der Waals surface area contributed by atoms with E-state index in [1.165, 1.54) is 0 Å². The first-order valence-electron chi connectivity index (χ1n) is 6.91. The average Bonchev–Trinajstić information content (AvgIpc) is 2.58. The molecule has 1 saturated heterocycles. The Balaban J connectivity index is 1.69. The van der Waals surface area contributed by atoms with Gasteiger partial charge in [-0.3, -0.25) is 9.78 Å². The largest absolute Gasteiger partial charge is 0.352 e. The molecule has 22 heavy (non-hydrogen) atoms. The Bertz CT molecular complexity index is 672. The first kappa shape index (κ1) is 15.1. The van der Waals surface area contributed by atoms with Gasteiger partial charge in [-0.2, -0.15) is 0 Å². The maximum absolute atomic E-state index is 12.6. The maximum Gasteiger partial charge on any atom is 0.255 e. The third-order valence-corrected chi connectivity index (χ3v) is 4.44.